The number of ether oxygens (including phenoxy) is 1. The fraction of sp³-hybridized carbons (Fsp3) is 0.211. The van der Waals surface area contributed by atoms with E-state index < -0.39 is 0 Å². The first kappa shape index (κ1) is 15.6. The van der Waals surface area contributed by atoms with Crippen LogP contribution in [0.4, 0.5) is 0 Å². The van der Waals surface area contributed by atoms with Crippen LogP contribution in [-0.4, -0.2) is 22.1 Å². The first-order valence-electron chi connectivity index (χ1n) is 8.08. The van der Waals surface area contributed by atoms with Crippen LogP contribution in [0.25, 0.3) is 32.0 Å². The molecule has 4 rings (SSSR count). The van der Waals surface area contributed by atoms with Gasteiger partial charge in [-0.3, -0.25) is 4.79 Å². The third-order valence-corrected chi connectivity index (χ3v) is 5.15. The topological polar surface area (TPSA) is 67.9 Å². The maximum atomic E-state index is 11.8. The Morgan fingerprint density at radius 1 is 1.28 bits per heavy atom. The summed E-state index contributed by atoms with van der Waals surface area (Å²) >= 11 is 1.39. The molecule has 5 nitrogen and oxygen atoms in total. The number of hydrogen-bond donors (Lipinski definition) is 0. The number of hydrogen-bond acceptors (Lipinski definition) is 5. The van der Waals surface area contributed by atoms with E-state index in [0.29, 0.717) is 24.6 Å². The first-order valence-corrected chi connectivity index (χ1v) is 8.90. The number of rotatable bonds is 4. The molecule has 124 valence electrons. The van der Waals surface area contributed by atoms with Crippen LogP contribution in [-0.2, 0) is 16.1 Å². The molecule has 2 aromatic heterocycles. The van der Waals surface area contributed by atoms with Gasteiger partial charge in [-0.1, -0.05) is 18.2 Å². The monoisotopic (exact) mass is 349 g/mol. The Balaban J connectivity index is 1.91. The van der Waals surface area contributed by atoms with E-state index >= 15 is 0 Å². The van der Waals surface area contributed by atoms with Gasteiger partial charge in [0.25, 0.3) is 0 Å². The molecule has 0 unspecified atom stereocenters. The van der Waals surface area contributed by atoms with E-state index in [9.17, 15) is 4.79 Å². The van der Waals surface area contributed by atoms with E-state index in [2.05, 4.69) is 33.8 Å². The number of carbonyl (C=O) groups excluding carboxylic acids is 1. The van der Waals surface area contributed by atoms with Gasteiger partial charge in [0.2, 0.25) is 0 Å². The predicted molar refractivity (Wildman–Crippen MR) is 98.6 cm³/mol. The van der Waals surface area contributed by atoms with Crippen molar-refractivity contribution < 1.29 is 9.53 Å². The van der Waals surface area contributed by atoms with Crippen LogP contribution in [0, 0.1) is 11.3 Å². The van der Waals surface area contributed by atoms with Gasteiger partial charge in [-0.15, -0.1) is 11.3 Å². The molecule has 6 heteroatoms. The quantitative estimate of drug-likeness (QED) is 0.517. The maximum absolute atomic E-state index is 11.8. The highest BCUT2D eigenvalue weighted by atomic mass is 32.1. The number of benzene rings is 2. The third-order valence-electron chi connectivity index (χ3n) is 4.22. The lowest BCUT2D eigenvalue weighted by molar-refractivity contribution is -0.143. The van der Waals surface area contributed by atoms with Crippen molar-refractivity contribution >= 4 is 49.3 Å². The van der Waals surface area contributed by atoms with Crippen LogP contribution in [0.5, 0.6) is 0 Å². The number of para-hydroxylation sites is 1. The maximum Gasteiger partial charge on any atom is 0.307 e. The average Bonchev–Trinajstić information content (AvgIpc) is 3.16. The van der Waals surface area contributed by atoms with E-state index in [1.165, 1.54) is 11.3 Å². The van der Waals surface area contributed by atoms with Gasteiger partial charge in [-0.25, -0.2) is 4.98 Å². The summed E-state index contributed by atoms with van der Waals surface area (Å²) in [6.07, 6.45) is 0.325. The predicted octanol–water partition coefficient (Wildman–Crippen LogP) is 4.23. The number of fused-ring (bicyclic) bond motifs is 4. The minimum atomic E-state index is -0.195. The van der Waals surface area contributed by atoms with E-state index in [1.54, 1.807) is 0 Å². The van der Waals surface area contributed by atoms with E-state index in [-0.39, 0.29) is 5.97 Å². The second-order valence-corrected chi connectivity index (χ2v) is 6.72. The standard InChI is InChI=1S/C19H15N3O2S/c1-2-24-19(23)7-8-22-15-6-4-3-5-12(15)13-9-14-17(10-16(13)22)25-18(11-20)21-14/h3-6,9-10H,2,7-8H2,1H3. The van der Waals surface area contributed by atoms with Gasteiger partial charge < -0.3 is 9.30 Å². The summed E-state index contributed by atoms with van der Waals surface area (Å²) in [6.45, 7) is 2.76. The number of thiazole rings is 1. The molecule has 0 aliphatic heterocycles. The normalized spacial score (nSPS) is 11.2. The number of aromatic nitrogens is 2. The summed E-state index contributed by atoms with van der Waals surface area (Å²) in [5, 5.41) is 11.8. The molecular formula is C19H15N3O2S. The molecule has 0 N–H and O–H groups in total. The molecule has 0 saturated carbocycles. The molecule has 0 amide bonds. The summed E-state index contributed by atoms with van der Waals surface area (Å²) in [5.41, 5.74) is 2.97. The number of carbonyl (C=O) groups is 1. The largest absolute Gasteiger partial charge is 0.466 e. The Hall–Kier alpha value is -2.91. The van der Waals surface area contributed by atoms with Crippen molar-refractivity contribution in [1.82, 2.24) is 9.55 Å². The number of esters is 1. The molecule has 2 aromatic carbocycles. The van der Waals surface area contributed by atoms with Gasteiger partial charge >= 0.3 is 5.97 Å². The van der Waals surface area contributed by atoms with Crippen molar-refractivity contribution in [2.75, 3.05) is 6.61 Å². The third kappa shape index (κ3) is 2.63. The lowest BCUT2D eigenvalue weighted by Crippen LogP contribution is -2.08. The Labute approximate surface area is 148 Å². The zero-order valence-corrected chi connectivity index (χ0v) is 14.5. The van der Waals surface area contributed by atoms with Gasteiger partial charge in [-0.2, -0.15) is 5.26 Å². The highest BCUT2D eigenvalue weighted by molar-refractivity contribution is 7.19. The highest BCUT2D eigenvalue weighted by Crippen LogP contribution is 2.34. The van der Waals surface area contributed by atoms with Crippen molar-refractivity contribution in [1.29, 1.82) is 5.26 Å². The van der Waals surface area contributed by atoms with Crippen LogP contribution in [0.15, 0.2) is 36.4 Å². The summed E-state index contributed by atoms with van der Waals surface area (Å²) in [6, 6.07) is 14.3. The first-order chi connectivity index (χ1) is 12.2. The number of nitrogens with zero attached hydrogens (tertiary/aromatic N) is 3. The molecule has 25 heavy (non-hydrogen) atoms. The van der Waals surface area contributed by atoms with Crippen molar-refractivity contribution in [2.24, 2.45) is 0 Å². The molecule has 0 radical (unpaired) electrons. The van der Waals surface area contributed by atoms with Crippen LogP contribution in [0.3, 0.4) is 0 Å². The average molecular weight is 349 g/mol. The van der Waals surface area contributed by atoms with Gasteiger partial charge in [0.1, 0.15) is 6.07 Å². The lowest BCUT2D eigenvalue weighted by atomic mass is 10.1. The summed E-state index contributed by atoms with van der Waals surface area (Å²) in [5.74, 6) is -0.195. The van der Waals surface area contributed by atoms with E-state index in [4.69, 9.17) is 10.00 Å². The molecule has 0 spiro atoms. The zero-order valence-electron chi connectivity index (χ0n) is 13.7. The fourth-order valence-corrected chi connectivity index (χ4v) is 3.97. The van der Waals surface area contributed by atoms with Gasteiger partial charge in [0.05, 0.1) is 28.8 Å². The molecule has 0 saturated heterocycles. The van der Waals surface area contributed by atoms with Crippen molar-refractivity contribution in [3.8, 4) is 6.07 Å². The van der Waals surface area contributed by atoms with Gasteiger partial charge in [-0.05, 0) is 25.1 Å². The SMILES string of the molecule is CCOC(=O)CCn1c2ccccc2c2cc3nc(C#N)sc3cc21. The van der Waals surface area contributed by atoms with Crippen molar-refractivity contribution in [3.63, 3.8) is 0 Å². The number of aryl methyl sites for hydroxylation is 1. The summed E-state index contributed by atoms with van der Waals surface area (Å²) in [7, 11) is 0. The van der Waals surface area contributed by atoms with E-state index in [0.717, 1.165) is 32.0 Å². The Morgan fingerprint density at radius 3 is 2.92 bits per heavy atom. The van der Waals surface area contributed by atoms with Gasteiger partial charge in [0.15, 0.2) is 5.01 Å². The second-order valence-electron chi connectivity index (χ2n) is 5.69. The zero-order chi connectivity index (χ0) is 17.4. The molecule has 0 aliphatic rings. The van der Waals surface area contributed by atoms with Crippen molar-refractivity contribution in [3.05, 3.63) is 41.4 Å². The van der Waals surface area contributed by atoms with Crippen LogP contribution in [0.2, 0.25) is 0 Å². The molecule has 4 aromatic rings. The summed E-state index contributed by atoms with van der Waals surface area (Å²) < 4.78 is 8.18. The minimum Gasteiger partial charge on any atom is -0.466 e. The molecule has 0 bridgehead atoms. The Bertz CT molecular complexity index is 1150. The van der Waals surface area contributed by atoms with Gasteiger partial charge in [0, 0.05) is 22.8 Å². The highest BCUT2D eigenvalue weighted by Gasteiger charge is 2.14. The fourth-order valence-electron chi connectivity index (χ4n) is 3.19. The minimum absolute atomic E-state index is 0.195. The molecule has 0 atom stereocenters. The smallest absolute Gasteiger partial charge is 0.307 e. The van der Waals surface area contributed by atoms with E-state index in [1.807, 2.05) is 25.1 Å². The molecule has 0 fully saturated rings. The van der Waals surface area contributed by atoms with Crippen LogP contribution < -0.4 is 0 Å². The lowest BCUT2D eigenvalue weighted by Gasteiger charge is -2.07. The van der Waals surface area contributed by atoms with Crippen molar-refractivity contribution in [2.45, 2.75) is 19.9 Å². The number of nitriles is 1. The van der Waals surface area contributed by atoms with Crippen LogP contribution in [0.1, 0.15) is 18.4 Å². The molecule has 0 aliphatic carbocycles. The molecular weight excluding hydrogens is 334 g/mol. The summed E-state index contributed by atoms with van der Waals surface area (Å²) in [4.78, 5) is 16.2. The Morgan fingerprint density at radius 2 is 2.12 bits per heavy atom. The van der Waals surface area contributed by atoms with Crippen LogP contribution >= 0.6 is 11.3 Å². The second kappa shape index (κ2) is 6.19. The molecule has 2 heterocycles. The Kier molecular flexibility index (Phi) is 3.86.